The van der Waals surface area contributed by atoms with Gasteiger partial charge in [0.25, 0.3) is 0 Å². The normalized spacial score (nSPS) is 12.8. The Morgan fingerprint density at radius 3 is 1.33 bits per heavy atom. The molecule has 0 spiro atoms. The van der Waals surface area contributed by atoms with Crippen molar-refractivity contribution in [1.29, 1.82) is 0 Å². The van der Waals surface area contributed by atoms with Crippen molar-refractivity contribution in [1.82, 2.24) is 0 Å². The molecular weight excluding hydrogens is 207 g/mol. The van der Waals surface area contributed by atoms with Gasteiger partial charge in [-0.05, 0) is 0 Å². The lowest BCUT2D eigenvalue weighted by molar-refractivity contribution is -0.132. The van der Waals surface area contributed by atoms with Gasteiger partial charge in [-0.3, -0.25) is 0 Å². The van der Waals surface area contributed by atoms with Gasteiger partial charge in [-0.2, -0.15) is 0 Å². The molecule has 2 N–H and O–H groups in total. The molecule has 12 heavy (non-hydrogen) atoms. The number of carboxylic acid groups (broad SMARTS) is 2. The smallest absolute Gasteiger partial charge is 0.329 e. The molecule has 0 radical (unpaired) electrons. The number of hydrogen-bond donors (Lipinski definition) is 2. The van der Waals surface area contributed by atoms with Crippen LogP contribution in [0.25, 0.3) is 0 Å². The van der Waals surface area contributed by atoms with Crippen molar-refractivity contribution >= 4 is 35.1 Å². The Morgan fingerprint density at radius 1 is 0.917 bits per heavy atom. The Morgan fingerprint density at radius 2 is 1.17 bits per heavy atom. The van der Waals surface area contributed by atoms with Gasteiger partial charge >= 0.3 is 11.9 Å². The zero-order valence-corrected chi connectivity index (χ0v) is 7.13. The van der Waals surface area contributed by atoms with Crippen LogP contribution < -0.4 is 0 Å². The average Bonchev–Trinajstić information content (AvgIpc) is 1.84. The summed E-state index contributed by atoms with van der Waals surface area (Å²) in [6, 6.07) is 0. The summed E-state index contributed by atoms with van der Waals surface area (Å²) in [6.07, 6.45) is 1.20. The van der Waals surface area contributed by atoms with Gasteiger partial charge in [0.05, 0.1) is 10.1 Å². The van der Waals surface area contributed by atoms with E-state index in [4.69, 9.17) is 33.4 Å². The number of halogens is 2. The van der Waals surface area contributed by atoms with E-state index < -0.39 is 11.9 Å². The van der Waals surface area contributed by atoms with Crippen molar-refractivity contribution in [2.45, 2.75) is 0 Å². The van der Waals surface area contributed by atoms with Gasteiger partial charge in [-0.1, -0.05) is 23.2 Å². The number of carbonyl (C=O) groups is 2. The van der Waals surface area contributed by atoms with Gasteiger partial charge in [-0.15, -0.1) is 0 Å². The minimum absolute atomic E-state index is 0.327. The monoisotopic (exact) mass is 210 g/mol. The topological polar surface area (TPSA) is 74.6 Å². The van der Waals surface area contributed by atoms with E-state index in [0.717, 1.165) is 0 Å². The minimum atomic E-state index is -1.29. The van der Waals surface area contributed by atoms with Crippen molar-refractivity contribution in [2.75, 3.05) is 0 Å². The Hall–Kier alpha value is -1.00. The zero-order chi connectivity index (χ0) is 9.72. The number of aliphatic carboxylic acids is 2. The molecule has 66 valence electrons. The maximum Gasteiger partial charge on any atom is 0.329 e. The van der Waals surface area contributed by atoms with Crippen LogP contribution in [0.2, 0.25) is 0 Å². The molecule has 0 saturated heterocycles. The molecule has 0 aromatic carbocycles. The maximum atomic E-state index is 10.0. The quantitative estimate of drug-likeness (QED) is 0.546. The minimum Gasteiger partial charge on any atom is -0.478 e. The van der Waals surface area contributed by atoms with Crippen molar-refractivity contribution in [3.63, 3.8) is 0 Å². The highest BCUT2D eigenvalue weighted by Crippen LogP contribution is 2.18. The molecule has 0 aromatic rings. The summed E-state index contributed by atoms with van der Waals surface area (Å²) in [5, 5.41) is 15.7. The molecule has 0 unspecified atom stereocenters. The molecule has 0 heterocycles. The summed E-state index contributed by atoms with van der Waals surface area (Å²) in [5.74, 6) is -2.59. The third kappa shape index (κ3) is 4.76. The highest BCUT2D eigenvalue weighted by Gasteiger charge is 2.03. The fourth-order valence-electron chi connectivity index (χ4n) is 0.355. The first-order valence-corrected chi connectivity index (χ1v) is 3.39. The highest BCUT2D eigenvalue weighted by molar-refractivity contribution is 6.45. The standard InChI is InChI=1S/C6H4Cl2O4/c7-3(1-5(9)10)4(8)2-6(11)12/h1-2H,(H,9,10)(H,11,12)/b3-1-,4-2-. The average molecular weight is 211 g/mol. The highest BCUT2D eigenvalue weighted by atomic mass is 35.5. The zero-order valence-electron chi connectivity index (χ0n) is 5.62. The van der Waals surface area contributed by atoms with Crippen LogP contribution in [0.1, 0.15) is 0 Å². The molecule has 0 fully saturated rings. The predicted octanol–water partition coefficient (Wildman–Crippen LogP) is 1.40. The van der Waals surface area contributed by atoms with Crippen LogP contribution in [0.5, 0.6) is 0 Å². The predicted molar refractivity (Wildman–Crippen MR) is 43.1 cm³/mol. The second kappa shape index (κ2) is 4.79. The third-order valence-corrected chi connectivity index (χ3v) is 1.45. The van der Waals surface area contributed by atoms with E-state index in [9.17, 15) is 9.59 Å². The maximum absolute atomic E-state index is 10.0. The number of rotatable bonds is 3. The van der Waals surface area contributed by atoms with E-state index >= 15 is 0 Å². The SMILES string of the molecule is O=C(O)/C=C(Cl)/C(Cl)=C/C(=O)O. The first-order chi connectivity index (χ1) is 5.43. The summed E-state index contributed by atoms with van der Waals surface area (Å²) >= 11 is 10.6. The van der Waals surface area contributed by atoms with Crippen LogP contribution in [-0.4, -0.2) is 22.2 Å². The van der Waals surface area contributed by atoms with Gasteiger partial charge < -0.3 is 10.2 Å². The molecule has 0 aliphatic carbocycles. The van der Waals surface area contributed by atoms with Crippen LogP contribution >= 0.6 is 23.2 Å². The summed E-state index contributed by atoms with van der Waals surface area (Å²) in [5.41, 5.74) is 0. The summed E-state index contributed by atoms with van der Waals surface area (Å²) < 4.78 is 0. The second-order valence-corrected chi connectivity index (χ2v) is 2.48. The molecule has 0 aliphatic rings. The Labute approximate surface area is 77.7 Å². The first kappa shape index (κ1) is 11.0. The molecule has 0 saturated carbocycles. The van der Waals surface area contributed by atoms with Gasteiger partial charge in [0, 0.05) is 12.2 Å². The lowest BCUT2D eigenvalue weighted by atomic mass is 10.4. The summed E-state index contributed by atoms with van der Waals surface area (Å²) in [4.78, 5) is 20.0. The molecule has 0 bridgehead atoms. The van der Waals surface area contributed by atoms with Crippen molar-refractivity contribution in [2.24, 2.45) is 0 Å². The summed E-state index contributed by atoms with van der Waals surface area (Å²) in [6.45, 7) is 0. The van der Waals surface area contributed by atoms with Crippen LogP contribution in [0.4, 0.5) is 0 Å². The van der Waals surface area contributed by atoms with E-state index in [1.165, 1.54) is 0 Å². The molecule has 0 aromatic heterocycles. The van der Waals surface area contributed by atoms with Crippen molar-refractivity contribution < 1.29 is 19.8 Å². The van der Waals surface area contributed by atoms with E-state index in [1.54, 1.807) is 0 Å². The van der Waals surface area contributed by atoms with Crippen LogP contribution in [0, 0.1) is 0 Å². The fourth-order valence-corrected chi connectivity index (χ4v) is 0.650. The van der Waals surface area contributed by atoms with E-state index in [2.05, 4.69) is 0 Å². The van der Waals surface area contributed by atoms with Crippen LogP contribution in [-0.2, 0) is 9.59 Å². The molecule has 6 heteroatoms. The second-order valence-electron chi connectivity index (χ2n) is 1.66. The molecule has 0 amide bonds. The van der Waals surface area contributed by atoms with Crippen molar-refractivity contribution in [3.8, 4) is 0 Å². The van der Waals surface area contributed by atoms with Crippen LogP contribution in [0.15, 0.2) is 22.2 Å². The lowest BCUT2D eigenvalue weighted by Crippen LogP contribution is -1.92. The Kier molecular flexibility index (Phi) is 4.39. The first-order valence-electron chi connectivity index (χ1n) is 2.64. The number of carboxylic acids is 2. The number of hydrogen-bond acceptors (Lipinski definition) is 2. The molecule has 0 aliphatic heterocycles. The van der Waals surface area contributed by atoms with Crippen molar-refractivity contribution in [3.05, 3.63) is 22.2 Å². The number of allylic oxidation sites excluding steroid dienone is 2. The van der Waals surface area contributed by atoms with Crippen LogP contribution in [0.3, 0.4) is 0 Å². The fraction of sp³-hybridized carbons (Fsp3) is 0. The van der Waals surface area contributed by atoms with Gasteiger partial charge in [0.2, 0.25) is 0 Å². The molecule has 4 nitrogen and oxygen atoms in total. The largest absolute Gasteiger partial charge is 0.478 e. The van der Waals surface area contributed by atoms with Gasteiger partial charge in [-0.25, -0.2) is 9.59 Å². The Balaban J connectivity index is 4.59. The third-order valence-electron chi connectivity index (χ3n) is 0.729. The molecule has 0 atom stereocenters. The summed E-state index contributed by atoms with van der Waals surface area (Å²) in [7, 11) is 0. The van der Waals surface area contributed by atoms with Gasteiger partial charge in [0.1, 0.15) is 0 Å². The van der Waals surface area contributed by atoms with E-state index in [-0.39, 0.29) is 10.1 Å². The van der Waals surface area contributed by atoms with Gasteiger partial charge in [0.15, 0.2) is 0 Å². The van der Waals surface area contributed by atoms with E-state index in [0.29, 0.717) is 12.2 Å². The Bertz CT molecular complexity index is 239. The lowest BCUT2D eigenvalue weighted by Gasteiger charge is -1.91. The molecule has 0 rings (SSSR count). The van der Waals surface area contributed by atoms with E-state index in [1.807, 2.05) is 0 Å². The molecular formula is C6H4Cl2O4.